The minimum Gasteiger partial charge on any atom is -0.371 e. The van der Waals surface area contributed by atoms with Crippen molar-refractivity contribution >= 4 is 11.6 Å². The Balaban J connectivity index is 1.27. The number of rotatable bonds is 4. The number of ether oxygens (including phenoxy) is 1. The van der Waals surface area contributed by atoms with E-state index >= 15 is 0 Å². The van der Waals surface area contributed by atoms with E-state index in [1.165, 1.54) is 51.7 Å². The second kappa shape index (κ2) is 7.08. The van der Waals surface area contributed by atoms with Crippen LogP contribution in [0.25, 0.3) is 0 Å². The van der Waals surface area contributed by atoms with Gasteiger partial charge < -0.3 is 19.4 Å². The third-order valence-corrected chi connectivity index (χ3v) is 5.98. The summed E-state index contributed by atoms with van der Waals surface area (Å²) in [6.07, 6.45) is 8.31. The number of nitrogens with zero attached hydrogens (tertiary/aromatic N) is 5. The minimum absolute atomic E-state index is 0.0711. The van der Waals surface area contributed by atoms with Crippen LogP contribution < -0.4 is 9.80 Å². The molecular formula is C19H31N5O. The lowest BCUT2D eigenvalue weighted by Gasteiger charge is -2.53. The van der Waals surface area contributed by atoms with Crippen LogP contribution in [0, 0.1) is 5.92 Å². The maximum absolute atomic E-state index is 6.36. The smallest absolute Gasteiger partial charge is 0.134 e. The molecule has 0 N–H and O–H groups in total. The van der Waals surface area contributed by atoms with E-state index in [1.807, 2.05) is 19.0 Å². The molecule has 1 aromatic rings. The van der Waals surface area contributed by atoms with E-state index < -0.39 is 0 Å². The van der Waals surface area contributed by atoms with Crippen molar-refractivity contribution in [2.24, 2.45) is 5.92 Å². The van der Waals surface area contributed by atoms with Crippen molar-refractivity contribution in [2.75, 3.05) is 63.2 Å². The lowest BCUT2D eigenvalue weighted by molar-refractivity contribution is -0.119. The monoisotopic (exact) mass is 345 g/mol. The van der Waals surface area contributed by atoms with Crippen LogP contribution in [0.3, 0.4) is 0 Å². The van der Waals surface area contributed by atoms with Gasteiger partial charge in [-0.1, -0.05) is 6.42 Å². The number of likely N-dealkylation sites (tertiary alicyclic amines) is 1. The Hall–Kier alpha value is -1.40. The zero-order chi connectivity index (χ0) is 17.3. The summed E-state index contributed by atoms with van der Waals surface area (Å²) in [7, 11) is 4.02. The van der Waals surface area contributed by atoms with Crippen LogP contribution in [0.1, 0.15) is 32.1 Å². The Labute approximate surface area is 151 Å². The normalized spacial score (nSPS) is 26.5. The lowest BCUT2D eigenvalue weighted by Crippen LogP contribution is -2.65. The summed E-state index contributed by atoms with van der Waals surface area (Å²) < 4.78 is 6.36. The molecule has 0 aliphatic carbocycles. The van der Waals surface area contributed by atoms with Crippen LogP contribution in [0.5, 0.6) is 0 Å². The number of aromatic nitrogens is 2. The molecule has 3 aliphatic rings. The van der Waals surface area contributed by atoms with Crippen molar-refractivity contribution in [3.63, 3.8) is 0 Å². The molecule has 4 rings (SSSR count). The van der Waals surface area contributed by atoms with E-state index in [4.69, 9.17) is 4.74 Å². The Morgan fingerprint density at radius 2 is 2.00 bits per heavy atom. The summed E-state index contributed by atoms with van der Waals surface area (Å²) >= 11 is 0. The molecule has 6 nitrogen and oxygen atoms in total. The van der Waals surface area contributed by atoms with Crippen LogP contribution >= 0.6 is 0 Å². The summed E-state index contributed by atoms with van der Waals surface area (Å²) in [5, 5.41) is 0. The molecule has 0 aromatic carbocycles. The van der Waals surface area contributed by atoms with Crippen LogP contribution in [-0.4, -0.2) is 73.9 Å². The van der Waals surface area contributed by atoms with Gasteiger partial charge in [-0.2, -0.15) is 0 Å². The fraction of sp³-hybridized carbons (Fsp3) is 0.789. The molecule has 0 unspecified atom stereocenters. The molecule has 3 fully saturated rings. The fourth-order valence-corrected chi connectivity index (χ4v) is 4.38. The number of hydrogen-bond donors (Lipinski definition) is 0. The molecule has 25 heavy (non-hydrogen) atoms. The first-order valence-electron chi connectivity index (χ1n) is 9.74. The second-order valence-corrected chi connectivity index (χ2v) is 8.24. The largest absolute Gasteiger partial charge is 0.371 e. The van der Waals surface area contributed by atoms with Gasteiger partial charge in [0.2, 0.25) is 0 Å². The summed E-state index contributed by atoms with van der Waals surface area (Å²) in [5.74, 6) is 2.69. The zero-order valence-electron chi connectivity index (χ0n) is 15.7. The Kier molecular flexibility index (Phi) is 4.82. The molecule has 1 spiro atoms. The van der Waals surface area contributed by atoms with E-state index in [1.54, 1.807) is 6.33 Å². The van der Waals surface area contributed by atoms with Gasteiger partial charge in [0.1, 0.15) is 23.6 Å². The fourth-order valence-electron chi connectivity index (χ4n) is 4.38. The van der Waals surface area contributed by atoms with Gasteiger partial charge >= 0.3 is 0 Å². The highest BCUT2D eigenvalue weighted by Crippen LogP contribution is 2.38. The predicted octanol–water partition coefficient (Wildman–Crippen LogP) is 2.01. The highest BCUT2D eigenvalue weighted by molar-refractivity contribution is 5.52. The molecular weight excluding hydrogens is 314 g/mol. The van der Waals surface area contributed by atoms with Gasteiger partial charge in [0, 0.05) is 26.7 Å². The van der Waals surface area contributed by atoms with Crippen molar-refractivity contribution < 1.29 is 4.74 Å². The first-order valence-corrected chi connectivity index (χ1v) is 9.74. The summed E-state index contributed by atoms with van der Waals surface area (Å²) in [6.45, 7) is 6.67. The summed E-state index contributed by atoms with van der Waals surface area (Å²) in [4.78, 5) is 15.7. The van der Waals surface area contributed by atoms with Crippen LogP contribution in [0.2, 0.25) is 0 Å². The molecule has 138 valence electrons. The van der Waals surface area contributed by atoms with Crippen LogP contribution in [0.4, 0.5) is 11.6 Å². The third-order valence-electron chi connectivity index (χ3n) is 5.98. The van der Waals surface area contributed by atoms with Gasteiger partial charge in [0.25, 0.3) is 0 Å². The summed E-state index contributed by atoms with van der Waals surface area (Å²) in [6, 6.07) is 2.06. The first-order chi connectivity index (χ1) is 12.1. The van der Waals surface area contributed by atoms with E-state index in [0.717, 1.165) is 37.3 Å². The molecule has 4 heterocycles. The van der Waals surface area contributed by atoms with E-state index in [2.05, 4.69) is 25.8 Å². The van der Waals surface area contributed by atoms with E-state index in [-0.39, 0.29) is 5.60 Å². The average molecular weight is 345 g/mol. The van der Waals surface area contributed by atoms with Gasteiger partial charge in [-0.15, -0.1) is 0 Å². The van der Waals surface area contributed by atoms with Crippen molar-refractivity contribution in [3.05, 3.63) is 12.4 Å². The maximum atomic E-state index is 6.36. The average Bonchev–Trinajstić information content (AvgIpc) is 2.61. The molecule has 0 amide bonds. The molecule has 3 saturated heterocycles. The molecule has 0 radical (unpaired) electrons. The first kappa shape index (κ1) is 17.0. The van der Waals surface area contributed by atoms with Gasteiger partial charge in [-0.25, -0.2) is 9.97 Å². The Bertz CT molecular complexity index is 571. The molecule has 1 atom stereocenters. The Morgan fingerprint density at radius 1 is 1.20 bits per heavy atom. The number of anilines is 2. The molecule has 0 bridgehead atoms. The second-order valence-electron chi connectivity index (χ2n) is 8.24. The number of piperidine rings is 1. The van der Waals surface area contributed by atoms with Crippen molar-refractivity contribution in [3.8, 4) is 0 Å². The van der Waals surface area contributed by atoms with Crippen molar-refractivity contribution in [1.29, 1.82) is 0 Å². The molecule has 1 aromatic heterocycles. The highest BCUT2D eigenvalue weighted by Gasteiger charge is 2.47. The van der Waals surface area contributed by atoms with Gasteiger partial charge in [0.05, 0.1) is 19.7 Å². The van der Waals surface area contributed by atoms with E-state index in [0.29, 0.717) is 0 Å². The highest BCUT2D eigenvalue weighted by atomic mass is 16.5. The Morgan fingerprint density at radius 3 is 2.68 bits per heavy atom. The van der Waals surface area contributed by atoms with Gasteiger partial charge in [0.15, 0.2) is 0 Å². The third kappa shape index (κ3) is 3.75. The SMILES string of the molecule is CN(C)c1cc(N2CC3(CC[C@@H](CN4CCCCC4)CO3)C2)ncn1. The molecule has 0 saturated carbocycles. The topological polar surface area (TPSA) is 44.7 Å². The number of hydrogen-bond acceptors (Lipinski definition) is 6. The quantitative estimate of drug-likeness (QED) is 0.832. The minimum atomic E-state index is 0.0711. The standard InChI is InChI=1S/C19H31N5O/c1-22(2)17-10-18(21-15-20-17)24-13-19(14-24)7-6-16(12-25-19)11-23-8-4-3-5-9-23/h10,15-16H,3-9,11-14H2,1-2H3/t16-/m0/s1. The van der Waals surface area contributed by atoms with Crippen LogP contribution in [-0.2, 0) is 4.74 Å². The van der Waals surface area contributed by atoms with E-state index in [9.17, 15) is 0 Å². The molecule has 3 aliphatic heterocycles. The lowest BCUT2D eigenvalue weighted by atomic mass is 9.82. The van der Waals surface area contributed by atoms with Crippen LogP contribution in [0.15, 0.2) is 12.4 Å². The van der Waals surface area contributed by atoms with Crippen molar-refractivity contribution in [2.45, 2.75) is 37.7 Å². The zero-order valence-corrected chi connectivity index (χ0v) is 15.7. The maximum Gasteiger partial charge on any atom is 0.134 e. The molecule has 6 heteroatoms. The summed E-state index contributed by atoms with van der Waals surface area (Å²) in [5.41, 5.74) is 0.0711. The van der Waals surface area contributed by atoms with Crippen molar-refractivity contribution in [1.82, 2.24) is 14.9 Å². The van der Waals surface area contributed by atoms with Gasteiger partial charge in [-0.05, 0) is 44.7 Å². The van der Waals surface area contributed by atoms with Gasteiger partial charge in [-0.3, -0.25) is 0 Å². The predicted molar refractivity (Wildman–Crippen MR) is 100 cm³/mol.